The lowest BCUT2D eigenvalue weighted by molar-refractivity contribution is 0.302. The molecule has 0 aliphatic carbocycles. The van der Waals surface area contributed by atoms with Crippen LogP contribution < -0.4 is 5.32 Å². The molecule has 1 atom stereocenters. The van der Waals surface area contributed by atoms with E-state index in [2.05, 4.69) is 25.2 Å². The van der Waals surface area contributed by atoms with Crippen molar-refractivity contribution < 1.29 is 4.39 Å². The summed E-state index contributed by atoms with van der Waals surface area (Å²) in [5.74, 6) is -0.126. The van der Waals surface area contributed by atoms with Gasteiger partial charge in [-0.2, -0.15) is 0 Å². The first-order chi connectivity index (χ1) is 8.71. The van der Waals surface area contributed by atoms with E-state index < -0.39 is 0 Å². The summed E-state index contributed by atoms with van der Waals surface area (Å²) in [6.07, 6.45) is 6.96. The molecule has 2 heteroatoms. The average molecular weight is 248 g/mol. The van der Waals surface area contributed by atoms with Crippen molar-refractivity contribution in [1.29, 1.82) is 0 Å². The molecule has 0 spiro atoms. The minimum absolute atomic E-state index is 0.126. The highest BCUT2D eigenvalue weighted by molar-refractivity contribution is 5.23. The summed E-state index contributed by atoms with van der Waals surface area (Å²) in [7, 11) is 0. The van der Waals surface area contributed by atoms with Crippen LogP contribution in [0.5, 0.6) is 0 Å². The second-order valence-corrected chi connectivity index (χ2v) is 5.46. The maximum Gasteiger partial charge on any atom is 0.128 e. The summed E-state index contributed by atoms with van der Waals surface area (Å²) in [4.78, 5) is 0. The second-order valence-electron chi connectivity index (χ2n) is 5.46. The van der Waals surface area contributed by atoms with Crippen LogP contribution in [0, 0.1) is 11.9 Å². The highest BCUT2D eigenvalue weighted by Crippen LogP contribution is 2.39. The highest BCUT2D eigenvalue weighted by atomic mass is 19.1. The molecule has 1 radical (unpaired) electrons. The Morgan fingerprint density at radius 3 is 2.72 bits per heavy atom. The Morgan fingerprint density at radius 2 is 2.11 bits per heavy atom. The fourth-order valence-corrected chi connectivity index (χ4v) is 3.35. The lowest BCUT2D eigenvalue weighted by Gasteiger charge is -2.30. The van der Waals surface area contributed by atoms with Crippen LogP contribution in [-0.2, 0) is 0 Å². The monoisotopic (exact) mass is 248 g/mol. The smallest absolute Gasteiger partial charge is 0.128 e. The summed E-state index contributed by atoms with van der Waals surface area (Å²) in [5.41, 5.74) is 1.04. The first kappa shape index (κ1) is 13.5. The van der Waals surface area contributed by atoms with Crippen molar-refractivity contribution in [2.24, 2.45) is 0 Å². The molecule has 1 aliphatic rings. The number of halogens is 1. The molecule has 1 fully saturated rings. The van der Waals surface area contributed by atoms with Crippen LogP contribution in [-0.4, -0.2) is 5.54 Å². The van der Waals surface area contributed by atoms with Gasteiger partial charge in [0.15, 0.2) is 0 Å². The van der Waals surface area contributed by atoms with Gasteiger partial charge in [0.05, 0.1) is 0 Å². The van der Waals surface area contributed by atoms with E-state index in [1.807, 2.05) is 6.07 Å². The van der Waals surface area contributed by atoms with Gasteiger partial charge in [-0.15, -0.1) is 0 Å². The first-order valence-corrected chi connectivity index (χ1v) is 7.14. The summed E-state index contributed by atoms with van der Waals surface area (Å²) >= 11 is 0. The summed E-state index contributed by atoms with van der Waals surface area (Å²) in [6, 6.07) is 8.08. The zero-order valence-electron chi connectivity index (χ0n) is 11.4. The fraction of sp³-hybridized carbons (Fsp3) is 0.625. The molecule has 0 bridgehead atoms. The van der Waals surface area contributed by atoms with E-state index in [0.717, 1.165) is 18.4 Å². The van der Waals surface area contributed by atoms with Gasteiger partial charge in [0, 0.05) is 17.1 Å². The zero-order valence-corrected chi connectivity index (χ0v) is 11.4. The van der Waals surface area contributed by atoms with Gasteiger partial charge in [-0.05, 0) is 37.8 Å². The topological polar surface area (TPSA) is 12.0 Å². The lowest BCUT2D eigenvalue weighted by Crippen LogP contribution is -2.40. The molecule has 0 saturated carbocycles. The molecule has 2 rings (SSSR count). The average Bonchev–Trinajstić information content (AvgIpc) is 2.75. The molecule has 99 valence electrons. The Bertz CT molecular complexity index is 382. The van der Waals surface area contributed by atoms with E-state index in [1.54, 1.807) is 6.07 Å². The largest absolute Gasteiger partial charge is 0.304 e. The Morgan fingerprint density at radius 1 is 1.39 bits per heavy atom. The molecule has 1 aromatic carbocycles. The minimum atomic E-state index is -0.126. The van der Waals surface area contributed by atoms with Crippen LogP contribution in [0.4, 0.5) is 4.39 Å². The third kappa shape index (κ3) is 2.74. The lowest BCUT2D eigenvalue weighted by atomic mass is 9.87. The number of rotatable bonds is 5. The van der Waals surface area contributed by atoms with Gasteiger partial charge in [-0.3, -0.25) is 0 Å². The van der Waals surface area contributed by atoms with Crippen molar-refractivity contribution in [2.75, 3.05) is 0 Å². The Labute approximate surface area is 110 Å². The van der Waals surface area contributed by atoms with E-state index in [-0.39, 0.29) is 17.4 Å². The van der Waals surface area contributed by atoms with Crippen LogP contribution in [0.3, 0.4) is 0 Å². The normalized spacial score (nSPS) is 22.3. The molecular formula is C16H23FN. The predicted molar refractivity (Wildman–Crippen MR) is 72.9 cm³/mol. The molecule has 18 heavy (non-hydrogen) atoms. The van der Waals surface area contributed by atoms with E-state index in [9.17, 15) is 4.39 Å². The van der Waals surface area contributed by atoms with E-state index >= 15 is 0 Å². The van der Waals surface area contributed by atoms with Crippen LogP contribution in [0.25, 0.3) is 0 Å². The summed E-state index contributed by atoms with van der Waals surface area (Å²) in [6.45, 7) is 4.45. The number of hydrogen-bond acceptors (Lipinski definition) is 1. The molecule has 1 N–H and O–H groups in total. The van der Waals surface area contributed by atoms with Gasteiger partial charge in [0.25, 0.3) is 0 Å². The zero-order chi connectivity index (χ0) is 13.0. The number of nitrogens with one attached hydrogen (secondary N) is 1. The van der Waals surface area contributed by atoms with Gasteiger partial charge in [-0.1, -0.05) is 38.8 Å². The Balaban J connectivity index is 2.13. The van der Waals surface area contributed by atoms with Crippen molar-refractivity contribution >= 4 is 0 Å². The van der Waals surface area contributed by atoms with Crippen molar-refractivity contribution in [2.45, 2.75) is 64.0 Å². The number of benzene rings is 1. The number of hydrogen-bond donors (Lipinski definition) is 1. The van der Waals surface area contributed by atoms with Crippen LogP contribution >= 0.6 is 0 Å². The Kier molecular flexibility index (Phi) is 4.39. The molecular weight excluding hydrogens is 225 g/mol. The van der Waals surface area contributed by atoms with Crippen LogP contribution in [0.2, 0.25) is 0 Å². The van der Waals surface area contributed by atoms with Gasteiger partial charge < -0.3 is 5.32 Å². The second kappa shape index (κ2) is 5.83. The van der Waals surface area contributed by atoms with Gasteiger partial charge in [-0.25, -0.2) is 4.39 Å². The van der Waals surface area contributed by atoms with Crippen LogP contribution in [0.15, 0.2) is 18.2 Å². The third-order valence-corrected chi connectivity index (χ3v) is 4.07. The van der Waals surface area contributed by atoms with E-state index in [1.165, 1.54) is 31.7 Å². The molecule has 0 aromatic heterocycles. The van der Waals surface area contributed by atoms with Crippen molar-refractivity contribution in [3.8, 4) is 0 Å². The van der Waals surface area contributed by atoms with Gasteiger partial charge >= 0.3 is 0 Å². The maximum absolute atomic E-state index is 13.8. The molecule has 1 nitrogen and oxygen atoms in total. The van der Waals surface area contributed by atoms with Crippen molar-refractivity contribution in [3.05, 3.63) is 35.6 Å². The molecule has 0 amide bonds. The summed E-state index contributed by atoms with van der Waals surface area (Å²) in [5, 5.41) is 3.71. The quantitative estimate of drug-likeness (QED) is 0.815. The molecule has 1 aliphatic heterocycles. The van der Waals surface area contributed by atoms with E-state index in [4.69, 9.17) is 0 Å². The molecule has 1 aromatic rings. The first-order valence-electron chi connectivity index (χ1n) is 7.14. The minimum Gasteiger partial charge on any atom is -0.304 e. The highest BCUT2D eigenvalue weighted by Gasteiger charge is 2.37. The molecule has 1 unspecified atom stereocenters. The van der Waals surface area contributed by atoms with Crippen LogP contribution in [0.1, 0.15) is 64.0 Å². The molecule has 1 heterocycles. The third-order valence-electron chi connectivity index (χ3n) is 4.07. The summed E-state index contributed by atoms with van der Waals surface area (Å²) < 4.78 is 13.8. The SMILES string of the molecule is CCCC1(CCC)CCC(c2cc[c]cc2F)N1. The van der Waals surface area contributed by atoms with Gasteiger partial charge in [0.1, 0.15) is 5.82 Å². The van der Waals surface area contributed by atoms with Gasteiger partial charge in [0.2, 0.25) is 0 Å². The standard InChI is InChI=1S/C16H23FN/c1-3-10-16(11-4-2)12-9-15(18-16)13-7-5-6-8-14(13)17/h5,7-8,15,18H,3-4,9-12H2,1-2H3. The van der Waals surface area contributed by atoms with Crippen molar-refractivity contribution in [1.82, 2.24) is 5.32 Å². The predicted octanol–water partition coefficient (Wildman–Crippen LogP) is 4.39. The van der Waals surface area contributed by atoms with Crippen molar-refractivity contribution in [3.63, 3.8) is 0 Å². The molecule has 1 saturated heterocycles. The fourth-order valence-electron chi connectivity index (χ4n) is 3.35. The Hall–Kier alpha value is -0.890. The van der Waals surface area contributed by atoms with E-state index in [0.29, 0.717) is 0 Å². The maximum atomic E-state index is 13.8.